The van der Waals surface area contributed by atoms with Gasteiger partial charge >= 0.3 is 5.97 Å². The first-order valence-corrected chi connectivity index (χ1v) is 6.33. The Bertz CT molecular complexity index is 389. The Morgan fingerprint density at radius 3 is 2.35 bits per heavy atom. The number of halogens is 1. The number of hydrogen-bond acceptors (Lipinski definition) is 3. The minimum absolute atomic E-state index is 0.308. The number of ether oxygens (including phenoxy) is 1. The van der Waals surface area contributed by atoms with E-state index in [1.165, 1.54) is 7.11 Å². The van der Waals surface area contributed by atoms with Crippen LogP contribution in [0, 0.1) is 5.92 Å². The lowest BCUT2D eigenvalue weighted by Crippen LogP contribution is -2.46. The highest BCUT2D eigenvalue weighted by atomic mass is 79.9. The highest BCUT2D eigenvalue weighted by Crippen LogP contribution is 2.28. The first-order chi connectivity index (χ1) is 7.90. The van der Waals surface area contributed by atoms with E-state index >= 15 is 0 Å². The summed E-state index contributed by atoms with van der Waals surface area (Å²) >= 11 is 3.36. The lowest BCUT2D eigenvalue weighted by Gasteiger charge is -2.28. The number of hydrogen-bond donors (Lipinski definition) is 1. The monoisotopic (exact) mass is 299 g/mol. The number of benzene rings is 1. The molecule has 1 atom stereocenters. The highest BCUT2D eigenvalue weighted by Gasteiger charge is 2.37. The molecule has 0 aliphatic carbocycles. The Morgan fingerprint density at radius 1 is 1.41 bits per heavy atom. The third-order valence-corrected chi connectivity index (χ3v) is 3.17. The number of carbonyl (C=O) groups excluding carboxylic acids is 1. The van der Waals surface area contributed by atoms with Gasteiger partial charge in [-0.15, -0.1) is 0 Å². The molecule has 1 rings (SSSR count). The molecular formula is C13H18BrNO2. The zero-order chi connectivity index (χ0) is 13.1. The van der Waals surface area contributed by atoms with E-state index in [-0.39, 0.29) is 0 Å². The fourth-order valence-corrected chi connectivity index (χ4v) is 2.16. The van der Waals surface area contributed by atoms with Gasteiger partial charge in [0.1, 0.15) is 5.54 Å². The number of nitrogens with two attached hydrogens (primary N) is 1. The van der Waals surface area contributed by atoms with E-state index in [0.717, 1.165) is 10.0 Å². The summed E-state index contributed by atoms with van der Waals surface area (Å²) in [7, 11) is 1.36. The van der Waals surface area contributed by atoms with Crippen molar-refractivity contribution in [2.75, 3.05) is 7.11 Å². The second-order valence-electron chi connectivity index (χ2n) is 4.57. The maximum atomic E-state index is 11.9. The van der Waals surface area contributed by atoms with Crippen molar-refractivity contribution in [2.24, 2.45) is 11.7 Å². The van der Waals surface area contributed by atoms with Gasteiger partial charge in [-0.25, -0.2) is 4.79 Å². The van der Waals surface area contributed by atoms with Gasteiger partial charge in [0.15, 0.2) is 0 Å². The molecule has 2 N–H and O–H groups in total. The summed E-state index contributed by atoms with van der Waals surface area (Å²) in [5.74, 6) is -0.0868. The van der Waals surface area contributed by atoms with Crippen molar-refractivity contribution >= 4 is 21.9 Å². The van der Waals surface area contributed by atoms with Crippen LogP contribution in [-0.2, 0) is 15.1 Å². The molecule has 94 valence electrons. The van der Waals surface area contributed by atoms with Crippen LogP contribution in [0.2, 0.25) is 0 Å². The molecule has 0 spiro atoms. The van der Waals surface area contributed by atoms with Crippen LogP contribution in [0.15, 0.2) is 28.7 Å². The molecule has 0 amide bonds. The zero-order valence-electron chi connectivity index (χ0n) is 10.4. The lowest BCUT2D eigenvalue weighted by molar-refractivity contribution is -0.148. The Balaban J connectivity index is 3.13. The van der Waals surface area contributed by atoms with E-state index in [0.29, 0.717) is 12.3 Å². The van der Waals surface area contributed by atoms with Crippen LogP contribution in [0.1, 0.15) is 25.8 Å². The molecule has 0 fully saturated rings. The molecule has 0 bridgehead atoms. The average Bonchev–Trinajstić information content (AvgIpc) is 2.27. The second kappa shape index (κ2) is 5.65. The zero-order valence-corrected chi connectivity index (χ0v) is 12.0. The fraction of sp³-hybridized carbons (Fsp3) is 0.462. The molecule has 1 aromatic rings. The Hall–Kier alpha value is -0.870. The first-order valence-electron chi connectivity index (χ1n) is 5.53. The first kappa shape index (κ1) is 14.2. The Kier molecular flexibility index (Phi) is 4.71. The summed E-state index contributed by atoms with van der Waals surface area (Å²) < 4.78 is 5.78. The van der Waals surface area contributed by atoms with Crippen LogP contribution in [0.4, 0.5) is 0 Å². The number of rotatable bonds is 4. The molecule has 0 aromatic heterocycles. The van der Waals surface area contributed by atoms with Crippen LogP contribution in [0.5, 0.6) is 0 Å². The van der Waals surface area contributed by atoms with Gasteiger partial charge in [-0.05, 0) is 30.0 Å². The van der Waals surface area contributed by atoms with Crippen molar-refractivity contribution < 1.29 is 9.53 Å². The summed E-state index contributed by atoms with van der Waals surface area (Å²) in [6, 6.07) is 7.45. The topological polar surface area (TPSA) is 52.3 Å². The molecule has 0 heterocycles. The smallest absolute Gasteiger partial charge is 0.330 e. The van der Waals surface area contributed by atoms with Crippen molar-refractivity contribution in [1.82, 2.24) is 0 Å². The van der Waals surface area contributed by atoms with Gasteiger partial charge in [-0.3, -0.25) is 0 Å². The van der Waals surface area contributed by atoms with E-state index in [2.05, 4.69) is 15.9 Å². The van der Waals surface area contributed by atoms with E-state index in [9.17, 15) is 4.79 Å². The SMILES string of the molecule is COC(=O)[C@](N)(CC(C)C)c1ccc(Br)cc1. The van der Waals surface area contributed by atoms with Crippen LogP contribution in [-0.4, -0.2) is 13.1 Å². The van der Waals surface area contributed by atoms with Gasteiger partial charge < -0.3 is 10.5 Å². The van der Waals surface area contributed by atoms with Gasteiger partial charge in [0, 0.05) is 4.47 Å². The Labute approximate surface area is 110 Å². The quantitative estimate of drug-likeness (QED) is 0.870. The van der Waals surface area contributed by atoms with E-state index in [4.69, 9.17) is 10.5 Å². The second-order valence-corrected chi connectivity index (χ2v) is 5.48. The third-order valence-electron chi connectivity index (χ3n) is 2.64. The molecule has 0 saturated carbocycles. The van der Waals surface area contributed by atoms with Crippen LogP contribution in [0.3, 0.4) is 0 Å². The third kappa shape index (κ3) is 3.30. The summed E-state index contributed by atoms with van der Waals surface area (Å²) in [6.45, 7) is 4.06. The predicted molar refractivity (Wildman–Crippen MR) is 71.5 cm³/mol. The molecular weight excluding hydrogens is 282 g/mol. The van der Waals surface area contributed by atoms with E-state index in [1.807, 2.05) is 38.1 Å². The minimum Gasteiger partial charge on any atom is -0.467 e. The summed E-state index contributed by atoms with van der Waals surface area (Å²) in [4.78, 5) is 11.9. The Morgan fingerprint density at radius 2 is 1.94 bits per heavy atom. The van der Waals surface area contributed by atoms with E-state index < -0.39 is 11.5 Å². The maximum absolute atomic E-state index is 11.9. The van der Waals surface area contributed by atoms with Crippen molar-refractivity contribution in [3.8, 4) is 0 Å². The van der Waals surface area contributed by atoms with Gasteiger partial charge in [0.25, 0.3) is 0 Å². The number of methoxy groups -OCH3 is 1. The molecule has 17 heavy (non-hydrogen) atoms. The maximum Gasteiger partial charge on any atom is 0.330 e. The molecule has 3 nitrogen and oxygen atoms in total. The molecule has 0 aliphatic rings. The molecule has 0 radical (unpaired) electrons. The van der Waals surface area contributed by atoms with Gasteiger partial charge in [-0.2, -0.15) is 0 Å². The summed E-state index contributed by atoms with van der Waals surface area (Å²) in [6.07, 6.45) is 0.557. The molecule has 1 aromatic carbocycles. The van der Waals surface area contributed by atoms with Gasteiger partial charge in [-0.1, -0.05) is 41.9 Å². The molecule has 4 heteroatoms. The summed E-state index contributed by atoms with van der Waals surface area (Å²) in [5, 5.41) is 0. The van der Waals surface area contributed by atoms with Crippen molar-refractivity contribution in [3.05, 3.63) is 34.3 Å². The van der Waals surface area contributed by atoms with Crippen LogP contribution in [0.25, 0.3) is 0 Å². The van der Waals surface area contributed by atoms with Gasteiger partial charge in [0.2, 0.25) is 0 Å². The van der Waals surface area contributed by atoms with Crippen molar-refractivity contribution in [2.45, 2.75) is 25.8 Å². The average molecular weight is 300 g/mol. The highest BCUT2D eigenvalue weighted by molar-refractivity contribution is 9.10. The number of carbonyl (C=O) groups is 1. The largest absolute Gasteiger partial charge is 0.467 e. The standard InChI is InChI=1S/C13H18BrNO2/c1-9(2)8-13(15,12(16)17-3)10-4-6-11(14)7-5-10/h4-7,9H,8,15H2,1-3H3/t13-/m0/s1. The minimum atomic E-state index is -1.07. The molecule has 0 unspecified atom stereocenters. The van der Waals surface area contributed by atoms with Gasteiger partial charge in [0.05, 0.1) is 7.11 Å². The normalized spacial score (nSPS) is 14.5. The van der Waals surface area contributed by atoms with Crippen LogP contribution >= 0.6 is 15.9 Å². The molecule has 0 aliphatic heterocycles. The lowest BCUT2D eigenvalue weighted by atomic mass is 9.83. The summed E-state index contributed by atoms with van der Waals surface area (Å²) in [5.41, 5.74) is 5.95. The van der Waals surface area contributed by atoms with Crippen molar-refractivity contribution in [1.29, 1.82) is 0 Å². The number of esters is 1. The van der Waals surface area contributed by atoms with Crippen LogP contribution < -0.4 is 5.73 Å². The van der Waals surface area contributed by atoms with E-state index in [1.54, 1.807) is 0 Å². The predicted octanol–water partition coefficient (Wildman–Crippen LogP) is 2.82. The van der Waals surface area contributed by atoms with Crippen molar-refractivity contribution in [3.63, 3.8) is 0 Å². The molecule has 0 saturated heterocycles. The fourth-order valence-electron chi connectivity index (χ4n) is 1.89.